The van der Waals surface area contributed by atoms with Crippen LogP contribution in [0.3, 0.4) is 0 Å². The minimum absolute atomic E-state index is 0.177. The van der Waals surface area contributed by atoms with Gasteiger partial charge in [-0.05, 0) is 25.0 Å². The summed E-state index contributed by atoms with van der Waals surface area (Å²) in [5.41, 5.74) is 1.05. The van der Waals surface area contributed by atoms with Crippen LogP contribution in [0.5, 0.6) is 0 Å². The molecule has 1 saturated carbocycles. The summed E-state index contributed by atoms with van der Waals surface area (Å²) in [4.78, 5) is 4.29. The third kappa shape index (κ3) is 1.89. The lowest BCUT2D eigenvalue weighted by atomic mass is 9.84. The van der Waals surface area contributed by atoms with Crippen molar-refractivity contribution in [2.45, 2.75) is 37.7 Å². The second-order valence-electron chi connectivity index (χ2n) is 3.71. The smallest absolute Gasteiger partial charge is 0.0623 e. The van der Waals surface area contributed by atoms with Crippen LogP contribution in [0, 0.1) is 0 Å². The number of hydrogen-bond donors (Lipinski definition) is 1. The predicted octanol–water partition coefficient (Wildman–Crippen LogP) is 2.10. The van der Waals surface area contributed by atoms with Gasteiger partial charge in [0.1, 0.15) is 0 Å². The zero-order valence-corrected chi connectivity index (χ0v) is 7.69. The van der Waals surface area contributed by atoms with Crippen LogP contribution in [0.2, 0.25) is 0 Å². The molecule has 0 saturated heterocycles. The van der Waals surface area contributed by atoms with Crippen molar-refractivity contribution < 1.29 is 5.11 Å². The second-order valence-corrected chi connectivity index (χ2v) is 3.71. The van der Waals surface area contributed by atoms with E-state index < -0.39 is 0 Å². The lowest BCUT2D eigenvalue weighted by Gasteiger charge is -2.26. The van der Waals surface area contributed by atoms with Crippen LogP contribution < -0.4 is 0 Å². The van der Waals surface area contributed by atoms with Crippen molar-refractivity contribution >= 4 is 0 Å². The summed E-state index contributed by atoms with van der Waals surface area (Å²) >= 11 is 0. The first-order chi connectivity index (χ1) is 6.38. The van der Waals surface area contributed by atoms with E-state index in [-0.39, 0.29) is 12.0 Å². The Labute approximate surface area is 78.6 Å². The van der Waals surface area contributed by atoms with Gasteiger partial charge >= 0.3 is 0 Å². The standard InChI is InChI=1S/C11H15NO/c13-11-7-2-1-5-9(11)10-6-3-4-8-12-10/h3-4,6,8-9,11,13H,1-2,5,7H2/t9-,11-/m0/s1. The van der Waals surface area contributed by atoms with Gasteiger partial charge in [0.05, 0.1) is 6.10 Å². The number of aliphatic hydroxyl groups is 1. The topological polar surface area (TPSA) is 33.1 Å². The normalized spacial score (nSPS) is 28.7. The molecule has 2 atom stereocenters. The van der Waals surface area contributed by atoms with Gasteiger partial charge in [-0.15, -0.1) is 0 Å². The van der Waals surface area contributed by atoms with Crippen LogP contribution in [0.4, 0.5) is 0 Å². The number of nitrogens with zero attached hydrogens (tertiary/aromatic N) is 1. The van der Waals surface area contributed by atoms with Crippen LogP contribution in [0.25, 0.3) is 0 Å². The third-order valence-corrected chi connectivity index (χ3v) is 2.80. The van der Waals surface area contributed by atoms with Crippen molar-refractivity contribution in [2.24, 2.45) is 0 Å². The molecule has 0 bridgehead atoms. The van der Waals surface area contributed by atoms with E-state index >= 15 is 0 Å². The molecule has 70 valence electrons. The van der Waals surface area contributed by atoms with Crippen molar-refractivity contribution in [1.82, 2.24) is 4.98 Å². The zero-order valence-electron chi connectivity index (χ0n) is 7.69. The fraction of sp³-hybridized carbons (Fsp3) is 0.545. The van der Waals surface area contributed by atoms with Gasteiger partial charge in [0, 0.05) is 17.8 Å². The van der Waals surface area contributed by atoms with E-state index in [9.17, 15) is 5.11 Å². The van der Waals surface area contributed by atoms with Crippen molar-refractivity contribution in [1.29, 1.82) is 0 Å². The van der Waals surface area contributed by atoms with E-state index in [0.717, 1.165) is 25.0 Å². The summed E-state index contributed by atoms with van der Waals surface area (Å²) in [7, 11) is 0. The second kappa shape index (κ2) is 3.88. The Morgan fingerprint density at radius 3 is 2.77 bits per heavy atom. The predicted molar refractivity (Wildman–Crippen MR) is 51.5 cm³/mol. The fourth-order valence-corrected chi connectivity index (χ4v) is 2.05. The summed E-state index contributed by atoms with van der Waals surface area (Å²) in [6.07, 6.45) is 6.02. The molecule has 0 radical (unpaired) electrons. The summed E-state index contributed by atoms with van der Waals surface area (Å²) in [5.74, 6) is 0.273. The summed E-state index contributed by atoms with van der Waals surface area (Å²) in [6, 6.07) is 5.92. The van der Waals surface area contributed by atoms with E-state index in [0.29, 0.717) is 0 Å². The molecule has 2 nitrogen and oxygen atoms in total. The lowest BCUT2D eigenvalue weighted by Crippen LogP contribution is -2.23. The van der Waals surface area contributed by atoms with Crippen molar-refractivity contribution in [3.8, 4) is 0 Å². The number of hydrogen-bond acceptors (Lipinski definition) is 2. The summed E-state index contributed by atoms with van der Waals surface area (Å²) in [5, 5.41) is 9.78. The number of aliphatic hydroxyl groups excluding tert-OH is 1. The first kappa shape index (κ1) is 8.70. The Kier molecular flexibility index (Phi) is 2.60. The minimum atomic E-state index is -0.177. The molecule has 0 aromatic carbocycles. The molecule has 1 aromatic rings. The molecule has 1 aliphatic carbocycles. The molecule has 13 heavy (non-hydrogen) atoms. The molecular formula is C11H15NO. The molecule has 2 rings (SSSR count). The van der Waals surface area contributed by atoms with Gasteiger partial charge in [-0.1, -0.05) is 18.9 Å². The molecule has 0 spiro atoms. The van der Waals surface area contributed by atoms with Crippen molar-refractivity contribution in [3.63, 3.8) is 0 Å². The van der Waals surface area contributed by atoms with Crippen LogP contribution in [0.1, 0.15) is 37.3 Å². The monoisotopic (exact) mass is 177 g/mol. The molecule has 1 aromatic heterocycles. The average molecular weight is 177 g/mol. The number of rotatable bonds is 1. The molecule has 1 N–H and O–H groups in total. The SMILES string of the molecule is O[C@H]1CCCC[C@H]1c1ccccn1. The van der Waals surface area contributed by atoms with Crippen molar-refractivity contribution in [2.75, 3.05) is 0 Å². The van der Waals surface area contributed by atoms with Crippen LogP contribution >= 0.6 is 0 Å². The van der Waals surface area contributed by atoms with Gasteiger partial charge in [-0.25, -0.2) is 0 Å². The highest BCUT2D eigenvalue weighted by atomic mass is 16.3. The van der Waals surface area contributed by atoms with E-state index in [4.69, 9.17) is 0 Å². The van der Waals surface area contributed by atoms with Crippen LogP contribution in [-0.4, -0.2) is 16.2 Å². The Morgan fingerprint density at radius 1 is 1.23 bits per heavy atom. The maximum atomic E-state index is 9.78. The van der Waals surface area contributed by atoms with E-state index in [1.807, 2.05) is 18.2 Å². The Balaban J connectivity index is 2.15. The quantitative estimate of drug-likeness (QED) is 0.712. The summed E-state index contributed by atoms with van der Waals surface area (Å²) in [6.45, 7) is 0. The zero-order chi connectivity index (χ0) is 9.10. The van der Waals surface area contributed by atoms with Gasteiger partial charge in [-0.2, -0.15) is 0 Å². The first-order valence-electron chi connectivity index (χ1n) is 4.97. The van der Waals surface area contributed by atoms with Crippen LogP contribution in [0.15, 0.2) is 24.4 Å². The maximum Gasteiger partial charge on any atom is 0.0623 e. The number of pyridine rings is 1. The molecule has 1 heterocycles. The first-order valence-corrected chi connectivity index (χ1v) is 4.97. The van der Waals surface area contributed by atoms with E-state index in [1.165, 1.54) is 6.42 Å². The molecule has 1 aliphatic rings. The van der Waals surface area contributed by atoms with E-state index in [1.54, 1.807) is 6.20 Å². The van der Waals surface area contributed by atoms with Crippen LogP contribution in [-0.2, 0) is 0 Å². The Morgan fingerprint density at radius 2 is 2.08 bits per heavy atom. The molecule has 0 amide bonds. The van der Waals surface area contributed by atoms with Gasteiger partial charge < -0.3 is 5.11 Å². The summed E-state index contributed by atoms with van der Waals surface area (Å²) < 4.78 is 0. The van der Waals surface area contributed by atoms with Gasteiger partial charge in [0.2, 0.25) is 0 Å². The molecule has 1 fully saturated rings. The van der Waals surface area contributed by atoms with Crippen molar-refractivity contribution in [3.05, 3.63) is 30.1 Å². The third-order valence-electron chi connectivity index (χ3n) is 2.80. The fourth-order valence-electron chi connectivity index (χ4n) is 2.05. The highest BCUT2D eigenvalue weighted by molar-refractivity contribution is 5.11. The molecular weight excluding hydrogens is 162 g/mol. The maximum absolute atomic E-state index is 9.78. The Bertz CT molecular complexity index is 260. The molecule has 0 aliphatic heterocycles. The lowest BCUT2D eigenvalue weighted by molar-refractivity contribution is 0.104. The van der Waals surface area contributed by atoms with Gasteiger partial charge in [0.25, 0.3) is 0 Å². The highest BCUT2D eigenvalue weighted by Crippen LogP contribution is 2.31. The Hall–Kier alpha value is -0.890. The van der Waals surface area contributed by atoms with E-state index in [2.05, 4.69) is 4.98 Å². The van der Waals surface area contributed by atoms with Gasteiger partial charge in [0.15, 0.2) is 0 Å². The highest BCUT2D eigenvalue weighted by Gasteiger charge is 2.24. The largest absolute Gasteiger partial charge is 0.392 e. The number of aromatic nitrogens is 1. The molecule has 0 unspecified atom stereocenters. The molecule has 2 heteroatoms. The van der Waals surface area contributed by atoms with Gasteiger partial charge in [-0.3, -0.25) is 4.98 Å². The average Bonchev–Trinajstić information content (AvgIpc) is 2.20. The minimum Gasteiger partial charge on any atom is -0.392 e.